The summed E-state index contributed by atoms with van der Waals surface area (Å²) in [6, 6.07) is 2.62. The number of hydrazine groups is 1. The summed E-state index contributed by atoms with van der Waals surface area (Å²) in [5.74, 6) is 6.86. The Balaban J connectivity index is 1.68. The molecule has 0 bridgehead atoms. The van der Waals surface area contributed by atoms with E-state index in [0.29, 0.717) is 12.0 Å². The van der Waals surface area contributed by atoms with Gasteiger partial charge in [0.05, 0.1) is 13.2 Å². The summed E-state index contributed by atoms with van der Waals surface area (Å²) < 4.78 is 5.42. The second-order valence-electron chi connectivity index (χ2n) is 5.37. The average molecular weight is 278 g/mol. The summed E-state index contributed by atoms with van der Waals surface area (Å²) in [4.78, 5) is 13.5. The molecule has 20 heavy (non-hydrogen) atoms. The summed E-state index contributed by atoms with van der Waals surface area (Å²) >= 11 is 0. The average Bonchev–Trinajstić information content (AvgIpc) is 2.97. The third-order valence-electron chi connectivity index (χ3n) is 4.02. The van der Waals surface area contributed by atoms with Crippen molar-refractivity contribution in [2.45, 2.75) is 19.4 Å². The van der Waals surface area contributed by atoms with Crippen LogP contribution in [0.2, 0.25) is 0 Å². The first-order valence-corrected chi connectivity index (χ1v) is 7.15. The molecule has 0 radical (unpaired) electrons. The first-order valence-electron chi connectivity index (χ1n) is 7.15. The van der Waals surface area contributed by atoms with Crippen molar-refractivity contribution in [3.8, 4) is 0 Å². The molecule has 0 saturated carbocycles. The van der Waals surface area contributed by atoms with Gasteiger partial charge in [-0.05, 0) is 13.3 Å². The van der Waals surface area contributed by atoms with E-state index < -0.39 is 0 Å². The van der Waals surface area contributed by atoms with Crippen LogP contribution in [0.25, 0.3) is 0 Å². The Labute approximate surface area is 119 Å². The fourth-order valence-electron chi connectivity index (χ4n) is 2.97. The van der Waals surface area contributed by atoms with Gasteiger partial charge in [0.15, 0.2) is 0 Å². The van der Waals surface area contributed by atoms with Crippen LogP contribution in [0.5, 0.6) is 0 Å². The van der Waals surface area contributed by atoms with E-state index >= 15 is 0 Å². The van der Waals surface area contributed by atoms with Crippen molar-refractivity contribution >= 4 is 11.8 Å². The molecule has 110 valence electrons. The van der Waals surface area contributed by atoms with Gasteiger partial charge in [-0.1, -0.05) is 0 Å². The molecule has 0 spiro atoms. The number of hydrogen-bond donors (Lipinski definition) is 2. The minimum absolute atomic E-state index is 0.481. The Bertz CT molecular complexity index is 462. The number of nitrogens with one attached hydrogen (secondary N) is 1. The lowest BCUT2D eigenvalue weighted by Crippen LogP contribution is -2.44. The molecule has 3 heterocycles. The van der Waals surface area contributed by atoms with E-state index in [4.69, 9.17) is 10.6 Å². The SMILES string of the molecule is Cc1cc(N2CCC(N3CCOCC3)C2)nc(NN)n1. The predicted molar refractivity (Wildman–Crippen MR) is 77.6 cm³/mol. The summed E-state index contributed by atoms with van der Waals surface area (Å²) in [6.45, 7) is 7.78. The van der Waals surface area contributed by atoms with Crippen LogP contribution in [0.1, 0.15) is 12.1 Å². The number of hydrogen-bond acceptors (Lipinski definition) is 7. The van der Waals surface area contributed by atoms with E-state index in [2.05, 4.69) is 25.2 Å². The molecular weight excluding hydrogens is 256 g/mol. The number of nitrogen functional groups attached to an aromatic ring is 1. The molecule has 3 N–H and O–H groups in total. The van der Waals surface area contributed by atoms with E-state index in [0.717, 1.165) is 50.9 Å². The molecule has 0 amide bonds. The van der Waals surface area contributed by atoms with Gasteiger partial charge in [0.25, 0.3) is 0 Å². The number of aromatic nitrogens is 2. The lowest BCUT2D eigenvalue weighted by molar-refractivity contribution is 0.0209. The topological polar surface area (TPSA) is 79.5 Å². The zero-order valence-electron chi connectivity index (χ0n) is 11.9. The number of nitrogens with two attached hydrogens (primary N) is 1. The molecule has 0 aliphatic carbocycles. The maximum absolute atomic E-state index is 5.42. The molecule has 1 aromatic heterocycles. The van der Waals surface area contributed by atoms with Crippen LogP contribution >= 0.6 is 0 Å². The molecule has 2 fully saturated rings. The standard InChI is InChI=1S/C13H22N6O/c1-10-8-12(16-13(15-10)17-14)19-3-2-11(9-19)18-4-6-20-7-5-18/h8,11H,2-7,9,14H2,1H3,(H,15,16,17). The van der Waals surface area contributed by atoms with Crippen LogP contribution in [0.4, 0.5) is 11.8 Å². The van der Waals surface area contributed by atoms with Crippen molar-refractivity contribution < 1.29 is 4.74 Å². The summed E-state index contributed by atoms with van der Waals surface area (Å²) in [7, 11) is 0. The van der Waals surface area contributed by atoms with Gasteiger partial charge in [0.1, 0.15) is 5.82 Å². The fourth-order valence-corrected chi connectivity index (χ4v) is 2.97. The zero-order valence-corrected chi connectivity index (χ0v) is 11.9. The smallest absolute Gasteiger partial charge is 0.239 e. The van der Waals surface area contributed by atoms with E-state index in [1.807, 2.05) is 13.0 Å². The molecule has 2 aliphatic rings. The van der Waals surface area contributed by atoms with Crippen molar-refractivity contribution in [3.63, 3.8) is 0 Å². The lowest BCUT2D eigenvalue weighted by Gasteiger charge is -2.32. The molecular formula is C13H22N6O. The van der Waals surface area contributed by atoms with Crippen molar-refractivity contribution in [2.24, 2.45) is 5.84 Å². The fraction of sp³-hybridized carbons (Fsp3) is 0.692. The highest BCUT2D eigenvalue weighted by atomic mass is 16.5. The molecule has 1 aromatic rings. The molecule has 1 atom stereocenters. The number of rotatable bonds is 3. The minimum Gasteiger partial charge on any atom is -0.379 e. The first kappa shape index (κ1) is 13.5. The zero-order chi connectivity index (χ0) is 13.9. The van der Waals surface area contributed by atoms with E-state index in [9.17, 15) is 0 Å². The van der Waals surface area contributed by atoms with E-state index in [1.165, 1.54) is 6.42 Å². The van der Waals surface area contributed by atoms with Crippen LogP contribution < -0.4 is 16.2 Å². The summed E-state index contributed by atoms with van der Waals surface area (Å²) in [5, 5.41) is 0. The Morgan fingerprint density at radius 2 is 2.10 bits per heavy atom. The van der Waals surface area contributed by atoms with Gasteiger partial charge >= 0.3 is 0 Å². The van der Waals surface area contributed by atoms with Gasteiger partial charge < -0.3 is 9.64 Å². The Hall–Kier alpha value is -1.44. The van der Waals surface area contributed by atoms with Gasteiger partial charge in [-0.15, -0.1) is 0 Å². The largest absolute Gasteiger partial charge is 0.379 e. The molecule has 3 rings (SSSR count). The van der Waals surface area contributed by atoms with Crippen molar-refractivity contribution in [1.29, 1.82) is 0 Å². The van der Waals surface area contributed by atoms with Crippen LogP contribution in [0.3, 0.4) is 0 Å². The normalized spacial score (nSPS) is 24.1. The quantitative estimate of drug-likeness (QED) is 0.594. The highest BCUT2D eigenvalue weighted by Gasteiger charge is 2.29. The number of ether oxygens (including phenoxy) is 1. The number of anilines is 2. The Morgan fingerprint density at radius 1 is 1.30 bits per heavy atom. The number of morpholine rings is 1. The van der Waals surface area contributed by atoms with E-state index in [1.54, 1.807) is 0 Å². The Kier molecular flexibility index (Phi) is 4.00. The van der Waals surface area contributed by atoms with Crippen LogP contribution in [0.15, 0.2) is 6.07 Å². The molecule has 7 heteroatoms. The van der Waals surface area contributed by atoms with E-state index in [-0.39, 0.29) is 0 Å². The van der Waals surface area contributed by atoms with Gasteiger partial charge in [0.2, 0.25) is 5.95 Å². The molecule has 0 aromatic carbocycles. The summed E-state index contributed by atoms with van der Waals surface area (Å²) in [5.41, 5.74) is 3.46. The highest BCUT2D eigenvalue weighted by Crippen LogP contribution is 2.23. The predicted octanol–water partition coefficient (Wildman–Crippen LogP) is -0.0185. The van der Waals surface area contributed by atoms with Gasteiger partial charge in [0, 0.05) is 44.0 Å². The van der Waals surface area contributed by atoms with Crippen molar-refractivity contribution in [3.05, 3.63) is 11.8 Å². The molecule has 7 nitrogen and oxygen atoms in total. The maximum Gasteiger partial charge on any atom is 0.239 e. The third-order valence-corrected chi connectivity index (χ3v) is 4.02. The lowest BCUT2D eigenvalue weighted by atomic mass is 10.2. The summed E-state index contributed by atoms with van der Waals surface area (Å²) in [6.07, 6.45) is 1.18. The third kappa shape index (κ3) is 2.84. The maximum atomic E-state index is 5.42. The van der Waals surface area contributed by atoms with Crippen LogP contribution in [-0.2, 0) is 4.74 Å². The number of nitrogens with zero attached hydrogens (tertiary/aromatic N) is 4. The van der Waals surface area contributed by atoms with Crippen molar-refractivity contribution in [1.82, 2.24) is 14.9 Å². The molecule has 2 saturated heterocycles. The highest BCUT2D eigenvalue weighted by molar-refractivity contribution is 5.45. The second-order valence-corrected chi connectivity index (χ2v) is 5.37. The minimum atomic E-state index is 0.481. The molecule has 1 unspecified atom stereocenters. The van der Waals surface area contributed by atoms with Gasteiger partial charge in [-0.25, -0.2) is 10.8 Å². The monoisotopic (exact) mass is 278 g/mol. The van der Waals surface area contributed by atoms with Crippen LogP contribution in [-0.4, -0.2) is 60.3 Å². The van der Waals surface area contributed by atoms with Gasteiger partial charge in [-0.3, -0.25) is 10.3 Å². The van der Waals surface area contributed by atoms with Gasteiger partial charge in [-0.2, -0.15) is 4.98 Å². The Morgan fingerprint density at radius 3 is 2.85 bits per heavy atom. The van der Waals surface area contributed by atoms with Crippen molar-refractivity contribution in [2.75, 3.05) is 49.7 Å². The number of aryl methyl sites for hydroxylation is 1. The first-order chi connectivity index (χ1) is 9.76. The molecule has 2 aliphatic heterocycles. The van der Waals surface area contributed by atoms with Crippen LogP contribution in [0, 0.1) is 6.92 Å². The second kappa shape index (κ2) is 5.90.